The number of amides is 2. The molecule has 1 aliphatic heterocycles. The minimum Gasteiger partial charge on any atom is -0.493 e. The summed E-state index contributed by atoms with van der Waals surface area (Å²) < 4.78 is 84.6. The predicted octanol–water partition coefficient (Wildman–Crippen LogP) is 4.68. The van der Waals surface area contributed by atoms with Crippen LogP contribution in [0.5, 0.6) is 5.75 Å². The van der Waals surface area contributed by atoms with Crippen molar-refractivity contribution in [3.8, 4) is 5.75 Å². The second-order valence-electron chi connectivity index (χ2n) is 10.5. The van der Waals surface area contributed by atoms with E-state index in [-0.39, 0.29) is 41.9 Å². The van der Waals surface area contributed by atoms with E-state index in [1.54, 1.807) is 13.1 Å². The van der Waals surface area contributed by atoms with Gasteiger partial charge < -0.3 is 10.1 Å². The minimum absolute atomic E-state index is 0.0317. The van der Waals surface area contributed by atoms with Crippen LogP contribution in [0.2, 0.25) is 0 Å². The topological polar surface area (TPSA) is 114 Å². The first-order valence-corrected chi connectivity index (χ1v) is 15.2. The maximum atomic E-state index is 15.3. The van der Waals surface area contributed by atoms with Crippen molar-refractivity contribution in [3.05, 3.63) is 51.2 Å². The predicted molar refractivity (Wildman–Crippen MR) is 138 cm³/mol. The van der Waals surface area contributed by atoms with Gasteiger partial charge in [0.15, 0.2) is 0 Å². The third-order valence-corrected chi connectivity index (χ3v) is 10.1. The molecular weight excluding hydrogens is 574 g/mol. The third-order valence-electron chi connectivity index (χ3n) is 7.04. The first kappa shape index (κ1) is 28.5. The number of thiazole rings is 1. The maximum absolute atomic E-state index is 15.3. The number of nitrogens with one attached hydrogen (secondary N) is 2. The van der Waals surface area contributed by atoms with Crippen LogP contribution in [0.25, 0.3) is 5.57 Å². The van der Waals surface area contributed by atoms with Crippen LogP contribution in [0.4, 0.5) is 17.6 Å². The van der Waals surface area contributed by atoms with E-state index < -0.39 is 51.0 Å². The van der Waals surface area contributed by atoms with Gasteiger partial charge in [-0.15, -0.1) is 11.3 Å². The zero-order valence-corrected chi connectivity index (χ0v) is 23.1. The first-order valence-electron chi connectivity index (χ1n) is 12.8. The van der Waals surface area contributed by atoms with E-state index in [4.69, 9.17) is 4.74 Å². The van der Waals surface area contributed by atoms with Gasteiger partial charge in [0.1, 0.15) is 22.1 Å². The molecule has 2 amide bonds. The molecule has 0 spiro atoms. The summed E-state index contributed by atoms with van der Waals surface area (Å²) in [5, 5.41) is 2.36. The lowest BCUT2D eigenvalue weighted by molar-refractivity contribution is -0.136. The number of rotatable bonds is 10. The van der Waals surface area contributed by atoms with E-state index in [0.29, 0.717) is 23.8 Å². The number of halogens is 4. The van der Waals surface area contributed by atoms with Gasteiger partial charge in [0.2, 0.25) is 10.0 Å². The summed E-state index contributed by atoms with van der Waals surface area (Å²) in [5.41, 5.74) is -1.47. The molecule has 40 heavy (non-hydrogen) atoms. The Balaban J connectivity index is 1.43. The van der Waals surface area contributed by atoms with Crippen LogP contribution in [-0.2, 0) is 25.2 Å². The second kappa shape index (κ2) is 10.4. The minimum atomic E-state index is -4.31. The van der Waals surface area contributed by atoms with Gasteiger partial charge >= 0.3 is 6.18 Å². The van der Waals surface area contributed by atoms with Crippen LogP contribution in [0.1, 0.15) is 73.2 Å². The van der Waals surface area contributed by atoms with Crippen molar-refractivity contribution >= 4 is 38.7 Å². The molecule has 1 aromatic carbocycles. The monoisotopic (exact) mass is 601 g/mol. The van der Waals surface area contributed by atoms with Crippen LogP contribution < -0.4 is 14.8 Å². The van der Waals surface area contributed by atoms with Gasteiger partial charge in [-0.05, 0) is 51.0 Å². The second-order valence-corrected chi connectivity index (χ2v) is 13.6. The van der Waals surface area contributed by atoms with E-state index in [2.05, 4.69) is 10.3 Å². The zero-order chi connectivity index (χ0) is 28.9. The highest BCUT2D eigenvalue weighted by molar-refractivity contribution is 7.91. The molecule has 216 valence electrons. The van der Waals surface area contributed by atoms with Gasteiger partial charge in [0.25, 0.3) is 11.8 Å². The standard InChI is InChI=1S/C26H27F4N3O5S2/c1-25(18-8-5-15(11-19(18)27)38-10-2-9-26(28,29)30)12-17(24-31-13-20(39-24)14-3-4-14)21(22(34)32-25)23(35)33-40(36,37)16-6-7-16/h5,8,11,13-14,16H,2-4,6-7,9-10,12H2,1H3,(H,32,34)(H,33,35)/t25-/m0/s1. The van der Waals surface area contributed by atoms with Crippen molar-refractivity contribution in [1.82, 2.24) is 15.0 Å². The normalized spacial score (nSPS) is 21.8. The molecule has 2 heterocycles. The largest absolute Gasteiger partial charge is 0.493 e. The first-order chi connectivity index (χ1) is 18.8. The summed E-state index contributed by atoms with van der Waals surface area (Å²) in [6.07, 6.45) is -1.15. The number of carbonyl (C=O) groups excluding carboxylic acids is 2. The number of ether oxygens (including phenoxy) is 1. The van der Waals surface area contributed by atoms with Crippen molar-refractivity contribution < 1.29 is 40.3 Å². The molecule has 8 nitrogen and oxygen atoms in total. The van der Waals surface area contributed by atoms with Gasteiger partial charge in [-0.2, -0.15) is 13.2 Å². The fraction of sp³-hybridized carbons (Fsp3) is 0.500. The lowest BCUT2D eigenvalue weighted by atomic mass is 9.80. The van der Waals surface area contributed by atoms with Crippen molar-refractivity contribution in [2.75, 3.05) is 6.61 Å². The van der Waals surface area contributed by atoms with E-state index in [9.17, 15) is 31.2 Å². The van der Waals surface area contributed by atoms with Crippen LogP contribution in [0.3, 0.4) is 0 Å². The van der Waals surface area contributed by atoms with E-state index in [0.717, 1.165) is 23.8 Å². The molecule has 2 saturated carbocycles. The number of sulfonamides is 1. The summed E-state index contributed by atoms with van der Waals surface area (Å²) in [6, 6.07) is 3.79. The fourth-order valence-electron chi connectivity index (χ4n) is 4.64. The maximum Gasteiger partial charge on any atom is 0.389 e. The molecule has 1 atom stereocenters. The number of alkyl halides is 3. The Labute approximate surface area is 232 Å². The molecule has 0 saturated heterocycles. The number of nitrogens with zero attached hydrogens (tertiary/aromatic N) is 1. The molecule has 0 unspecified atom stereocenters. The molecular formula is C26H27F4N3O5S2. The molecule has 2 aromatic rings. The van der Waals surface area contributed by atoms with E-state index in [1.165, 1.54) is 23.5 Å². The van der Waals surface area contributed by atoms with E-state index in [1.807, 2.05) is 4.72 Å². The summed E-state index contributed by atoms with van der Waals surface area (Å²) >= 11 is 1.31. The van der Waals surface area contributed by atoms with Crippen LogP contribution in [0, 0.1) is 5.82 Å². The highest BCUT2D eigenvalue weighted by atomic mass is 32.2. The third kappa shape index (κ3) is 6.32. The summed E-state index contributed by atoms with van der Waals surface area (Å²) in [5.74, 6) is -2.32. The number of hydrogen-bond donors (Lipinski definition) is 2. The van der Waals surface area contributed by atoms with Gasteiger partial charge in [-0.1, -0.05) is 6.07 Å². The van der Waals surface area contributed by atoms with Gasteiger partial charge in [-0.25, -0.2) is 22.5 Å². The molecule has 2 fully saturated rings. The number of aromatic nitrogens is 1. The summed E-state index contributed by atoms with van der Waals surface area (Å²) in [7, 11) is -3.94. The quantitative estimate of drug-likeness (QED) is 0.232. The number of benzene rings is 1. The van der Waals surface area contributed by atoms with Crippen LogP contribution in [-0.4, -0.2) is 43.2 Å². The Morgan fingerprint density at radius 3 is 2.60 bits per heavy atom. The SMILES string of the molecule is C[C@@]1(c2ccc(OCCCC(F)(F)F)cc2F)CC(c2ncc(C3CC3)s2)=C(C(=O)NS(=O)(=O)C2CC2)C(=O)N1. The summed E-state index contributed by atoms with van der Waals surface area (Å²) in [4.78, 5) is 31.9. The molecule has 1 aromatic heterocycles. The Bertz CT molecular complexity index is 1480. The van der Waals surface area contributed by atoms with Gasteiger partial charge in [0.05, 0.1) is 17.4 Å². The zero-order valence-electron chi connectivity index (χ0n) is 21.4. The number of hydrogen-bond acceptors (Lipinski definition) is 7. The van der Waals surface area contributed by atoms with Crippen molar-refractivity contribution in [2.24, 2.45) is 0 Å². The molecule has 5 rings (SSSR count). The van der Waals surface area contributed by atoms with Crippen molar-refractivity contribution in [3.63, 3.8) is 0 Å². The Kier molecular flexibility index (Phi) is 7.44. The van der Waals surface area contributed by atoms with Gasteiger partial charge in [0, 0.05) is 41.1 Å². The smallest absolute Gasteiger partial charge is 0.389 e. The Morgan fingerprint density at radius 1 is 1.25 bits per heavy atom. The van der Waals surface area contributed by atoms with Crippen LogP contribution in [0.15, 0.2) is 30.0 Å². The molecule has 0 bridgehead atoms. The Hall–Kier alpha value is -3.00. The average molecular weight is 602 g/mol. The number of carbonyl (C=O) groups is 2. The molecule has 2 aliphatic carbocycles. The van der Waals surface area contributed by atoms with Crippen molar-refractivity contribution in [1.29, 1.82) is 0 Å². The average Bonchev–Trinajstić information content (AvgIpc) is 3.78. The lowest BCUT2D eigenvalue weighted by Gasteiger charge is -2.37. The van der Waals surface area contributed by atoms with Gasteiger partial charge in [-0.3, -0.25) is 9.59 Å². The highest BCUT2D eigenvalue weighted by Gasteiger charge is 2.44. The molecule has 2 N–H and O–H groups in total. The summed E-state index contributed by atoms with van der Waals surface area (Å²) in [6.45, 7) is 1.31. The van der Waals surface area contributed by atoms with Crippen molar-refractivity contribution in [2.45, 2.75) is 74.8 Å². The van der Waals surface area contributed by atoms with E-state index >= 15 is 4.39 Å². The van der Waals surface area contributed by atoms with Crippen LogP contribution >= 0.6 is 11.3 Å². The fourth-order valence-corrected chi connectivity index (χ4v) is 7.06. The Morgan fingerprint density at radius 2 is 1.98 bits per heavy atom. The molecule has 0 radical (unpaired) electrons. The molecule has 3 aliphatic rings. The lowest BCUT2D eigenvalue weighted by Crippen LogP contribution is -2.51. The molecule has 14 heteroatoms. The highest BCUT2D eigenvalue weighted by Crippen LogP contribution is 2.46.